The van der Waals surface area contributed by atoms with Crippen molar-refractivity contribution in [3.05, 3.63) is 17.0 Å². The van der Waals surface area contributed by atoms with E-state index in [0.29, 0.717) is 23.2 Å². The molecule has 114 valence electrons. The van der Waals surface area contributed by atoms with E-state index in [9.17, 15) is 8.42 Å². The molecule has 1 aliphatic heterocycles. The molecule has 1 unspecified atom stereocenters. The van der Waals surface area contributed by atoms with Gasteiger partial charge in [-0.2, -0.15) is 4.31 Å². The smallest absolute Gasteiger partial charge is 0.252 e. The monoisotopic (exact) mass is 316 g/mol. The van der Waals surface area contributed by atoms with Crippen LogP contribution in [0, 0.1) is 5.92 Å². The molecule has 1 N–H and O–H groups in total. The largest absolute Gasteiger partial charge is 0.313 e. The summed E-state index contributed by atoms with van der Waals surface area (Å²) < 4.78 is 27.3. The van der Waals surface area contributed by atoms with Crippen molar-refractivity contribution in [1.82, 2.24) is 9.62 Å². The average molecular weight is 316 g/mol. The Hall–Kier alpha value is -0.430. The van der Waals surface area contributed by atoms with E-state index in [0.717, 1.165) is 37.9 Å². The topological polar surface area (TPSA) is 49.4 Å². The lowest BCUT2D eigenvalue weighted by Crippen LogP contribution is -2.38. The van der Waals surface area contributed by atoms with Crippen molar-refractivity contribution in [3.8, 4) is 0 Å². The summed E-state index contributed by atoms with van der Waals surface area (Å²) in [7, 11) is -3.28. The Kier molecular flexibility index (Phi) is 5.60. The highest BCUT2D eigenvalue weighted by molar-refractivity contribution is 7.91. The van der Waals surface area contributed by atoms with Gasteiger partial charge in [-0.3, -0.25) is 0 Å². The lowest BCUT2D eigenvalue weighted by Gasteiger charge is -2.29. The Morgan fingerprint density at radius 1 is 1.50 bits per heavy atom. The van der Waals surface area contributed by atoms with Crippen LogP contribution in [-0.2, 0) is 16.6 Å². The molecular formula is C14H24N2O2S2. The van der Waals surface area contributed by atoms with Crippen LogP contribution in [0.4, 0.5) is 0 Å². The van der Waals surface area contributed by atoms with Gasteiger partial charge in [-0.05, 0) is 48.7 Å². The van der Waals surface area contributed by atoms with Crippen LogP contribution in [0.3, 0.4) is 0 Å². The minimum Gasteiger partial charge on any atom is -0.313 e. The second kappa shape index (κ2) is 7.02. The molecule has 0 radical (unpaired) electrons. The molecule has 0 bridgehead atoms. The van der Waals surface area contributed by atoms with Crippen LogP contribution in [0.1, 0.15) is 38.7 Å². The first-order valence-corrected chi connectivity index (χ1v) is 9.64. The molecule has 2 rings (SSSR count). The predicted octanol–water partition coefficient (Wildman–Crippen LogP) is 2.67. The van der Waals surface area contributed by atoms with E-state index >= 15 is 0 Å². The van der Waals surface area contributed by atoms with E-state index in [2.05, 4.69) is 19.2 Å². The second-order valence-electron chi connectivity index (χ2n) is 5.56. The number of nitrogens with zero attached hydrogens (tertiary/aromatic N) is 1. The summed E-state index contributed by atoms with van der Waals surface area (Å²) >= 11 is 1.34. The minimum atomic E-state index is -3.28. The van der Waals surface area contributed by atoms with Crippen molar-refractivity contribution in [1.29, 1.82) is 0 Å². The molecule has 2 heterocycles. The highest BCUT2D eigenvalue weighted by Crippen LogP contribution is 2.27. The molecule has 0 aliphatic carbocycles. The van der Waals surface area contributed by atoms with Gasteiger partial charge in [0.2, 0.25) is 0 Å². The number of hydrogen-bond donors (Lipinski definition) is 1. The van der Waals surface area contributed by atoms with Crippen molar-refractivity contribution in [2.45, 2.75) is 43.9 Å². The van der Waals surface area contributed by atoms with Gasteiger partial charge in [0.25, 0.3) is 10.0 Å². The number of nitrogens with one attached hydrogen (secondary N) is 1. The van der Waals surface area contributed by atoms with E-state index in [-0.39, 0.29) is 0 Å². The lowest BCUT2D eigenvalue weighted by molar-refractivity contribution is 0.281. The van der Waals surface area contributed by atoms with Gasteiger partial charge in [0.1, 0.15) is 4.21 Å². The molecule has 0 amide bonds. The van der Waals surface area contributed by atoms with E-state index in [1.165, 1.54) is 11.3 Å². The van der Waals surface area contributed by atoms with Gasteiger partial charge in [0.05, 0.1) is 0 Å². The zero-order chi connectivity index (χ0) is 14.6. The van der Waals surface area contributed by atoms with Crippen LogP contribution in [0.15, 0.2) is 15.7 Å². The fraction of sp³-hybridized carbons (Fsp3) is 0.714. The normalized spacial score (nSPS) is 21.2. The van der Waals surface area contributed by atoms with E-state index in [4.69, 9.17) is 0 Å². The van der Waals surface area contributed by atoms with Crippen molar-refractivity contribution in [2.75, 3.05) is 19.6 Å². The summed E-state index contributed by atoms with van der Waals surface area (Å²) in [5.74, 6) is 0.462. The van der Waals surface area contributed by atoms with Crippen molar-refractivity contribution < 1.29 is 8.42 Å². The number of piperidine rings is 1. The lowest BCUT2D eigenvalue weighted by atomic mass is 10.0. The molecule has 0 spiro atoms. The first-order chi connectivity index (χ1) is 9.54. The third-order valence-corrected chi connectivity index (χ3v) is 6.93. The molecule has 1 saturated heterocycles. The average Bonchev–Trinajstić information content (AvgIpc) is 2.88. The van der Waals surface area contributed by atoms with Gasteiger partial charge >= 0.3 is 0 Å². The molecule has 1 fully saturated rings. The Morgan fingerprint density at radius 2 is 2.30 bits per heavy atom. The Morgan fingerprint density at radius 3 is 3.00 bits per heavy atom. The van der Waals surface area contributed by atoms with Crippen molar-refractivity contribution >= 4 is 21.4 Å². The van der Waals surface area contributed by atoms with Gasteiger partial charge in [-0.1, -0.05) is 13.8 Å². The number of thiophene rings is 1. The predicted molar refractivity (Wildman–Crippen MR) is 83.5 cm³/mol. The number of hydrogen-bond acceptors (Lipinski definition) is 4. The summed E-state index contributed by atoms with van der Waals surface area (Å²) in [4.78, 5) is 0. The maximum Gasteiger partial charge on any atom is 0.252 e. The Bertz CT molecular complexity index is 525. The van der Waals surface area contributed by atoms with Crippen LogP contribution in [0.5, 0.6) is 0 Å². The van der Waals surface area contributed by atoms with Crippen LogP contribution < -0.4 is 5.32 Å². The molecule has 1 aromatic rings. The van der Waals surface area contributed by atoms with Gasteiger partial charge in [0, 0.05) is 19.6 Å². The van der Waals surface area contributed by atoms with E-state index < -0.39 is 10.0 Å². The second-order valence-corrected chi connectivity index (χ2v) is 8.64. The molecular weight excluding hydrogens is 292 g/mol. The van der Waals surface area contributed by atoms with Gasteiger partial charge in [-0.25, -0.2) is 8.42 Å². The summed E-state index contributed by atoms with van der Waals surface area (Å²) in [5.41, 5.74) is 1.06. The molecule has 4 nitrogen and oxygen atoms in total. The van der Waals surface area contributed by atoms with Gasteiger partial charge in [-0.15, -0.1) is 11.3 Å². The molecule has 1 aliphatic rings. The van der Waals surface area contributed by atoms with Crippen molar-refractivity contribution in [3.63, 3.8) is 0 Å². The highest BCUT2D eigenvalue weighted by atomic mass is 32.2. The molecule has 6 heteroatoms. The van der Waals surface area contributed by atoms with Crippen LogP contribution in [0.25, 0.3) is 0 Å². The Labute approximate surface area is 126 Å². The van der Waals surface area contributed by atoms with E-state index in [1.807, 2.05) is 11.4 Å². The minimum absolute atomic E-state index is 0.462. The Balaban J connectivity index is 2.05. The third kappa shape index (κ3) is 3.81. The quantitative estimate of drug-likeness (QED) is 0.821. The zero-order valence-corrected chi connectivity index (χ0v) is 13.9. The van der Waals surface area contributed by atoms with Crippen LogP contribution >= 0.6 is 11.3 Å². The number of sulfonamides is 1. The van der Waals surface area contributed by atoms with E-state index in [1.54, 1.807) is 4.31 Å². The first-order valence-electron chi connectivity index (χ1n) is 7.32. The first kappa shape index (κ1) is 15.9. The summed E-state index contributed by atoms with van der Waals surface area (Å²) in [6.45, 7) is 7.26. The molecule has 1 aromatic heterocycles. The summed E-state index contributed by atoms with van der Waals surface area (Å²) in [6, 6.07) is 1.82. The molecule has 20 heavy (non-hydrogen) atoms. The standard InChI is InChI=1S/C14H24N2O2S2/c1-3-6-15-9-13-8-14(19-11-13)20(17,18)16-7-4-5-12(2)10-16/h8,11-12,15H,3-7,9-10H2,1-2H3. The van der Waals surface area contributed by atoms with Crippen molar-refractivity contribution in [2.24, 2.45) is 5.92 Å². The number of rotatable bonds is 6. The maximum absolute atomic E-state index is 12.6. The van der Waals surface area contributed by atoms with Crippen LogP contribution in [0.2, 0.25) is 0 Å². The third-order valence-electron chi connectivity index (χ3n) is 3.60. The molecule has 0 aromatic carbocycles. The van der Waals surface area contributed by atoms with Gasteiger partial charge in [0.15, 0.2) is 0 Å². The highest BCUT2D eigenvalue weighted by Gasteiger charge is 2.29. The van der Waals surface area contributed by atoms with Crippen LogP contribution in [-0.4, -0.2) is 32.4 Å². The molecule has 1 atom stereocenters. The SMILES string of the molecule is CCCNCc1csc(S(=O)(=O)N2CCCC(C)C2)c1. The zero-order valence-electron chi connectivity index (χ0n) is 12.3. The van der Waals surface area contributed by atoms with Gasteiger partial charge < -0.3 is 5.32 Å². The fourth-order valence-electron chi connectivity index (χ4n) is 2.48. The molecule has 0 saturated carbocycles. The maximum atomic E-state index is 12.6. The fourth-order valence-corrected chi connectivity index (χ4v) is 5.44. The summed E-state index contributed by atoms with van der Waals surface area (Å²) in [6.07, 6.45) is 3.18. The summed E-state index contributed by atoms with van der Waals surface area (Å²) in [5, 5.41) is 5.25.